The molecule has 3 nitrogen and oxygen atoms in total. The monoisotopic (exact) mass is 226 g/mol. The highest BCUT2D eigenvalue weighted by Gasteiger charge is 2.32. The Bertz CT molecular complexity index is 216. The van der Waals surface area contributed by atoms with Crippen LogP contribution in [0.5, 0.6) is 0 Å². The summed E-state index contributed by atoms with van der Waals surface area (Å²) in [4.78, 5) is 2.64. The first-order valence-electron chi connectivity index (χ1n) is 6.74. The van der Waals surface area contributed by atoms with E-state index in [-0.39, 0.29) is 0 Å². The first-order chi connectivity index (χ1) is 7.72. The van der Waals surface area contributed by atoms with Gasteiger partial charge >= 0.3 is 0 Å². The van der Waals surface area contributed by atoms with Crippen LogP contribution in [-0.2, 0) is 4.74 Å². The highest BCUT2D eigenvalue weighted by Crippen LogP contribution is 2.28. The largest absolute Gasteiger partial charge is 0.381 e. The molecule has 0 aromatic carbocycles. The van der Waals surface area contributed by atoms with E-state index in [0.29, 0.717) is 12.0 Å². The zero-order valence-corrected chi connectivity index (χ0v) is 10.7. The Hall–Kier alpha value is -0.120. The zero-order valence-electron chi connectivity index (χ0n) is 10.7. The summed E-state index contributed by atoms with van der Waals surface area (Å²) >= 11 is 0. The van der Waals surface area contributed by atoms with Gasteiger partial charge in [-0.25, -0.2) is 0 Å². The molecular weight excluding hydrogens is 200 g/mol. The third-order valence-electron chi connectivity index (χ3n) is 4.67. The second kappa shape index (κ2) is 5.48. The Morgan fingerprint density at radius 3 is 2.88 bits per heavy atom. The summed E-state index contributed by atoms with van der Waals surface area (Å²) in [5.74, 6) is 2.23. The van der Waals surface area contributed by atoms with E-state index in [2.05, 4.69) is 18.7 Å². The quantitative estimate of drug-likeness (QED) is 0.789. The van der Waals surface area contributed by atoms with Gasteiger partial charge in [-0.15, -0.1) is 0 Å². The number of nitrogens with two attached hydrogens (primary N) is 1. The molecule has 2 aliphatic rings. The first kappa shape index (κ1) is 12.3. The molecule has 2 saturated heterocycles. The van der Waals surface area contributed by atoms with E-state index in [1.54, 1.807) is 0 Å². The molecule has 2 aliphatic heterocycles. The predicted molar refractivity (Wildman–Crippen MR) is 66.3 cm³/mol. The van der Waals surface area contributed by atoms with Crippen molar-refractivity contribution in [2.24, 2.45) is 23.5 Å². The van der Waals surface area contributed by atoms with Crippen LogP contribution >= 0.6 is 0 Å². The van der Waals surface area contributed by atoms with Crippen molar-refractivity contribution in [3.63, 3.8) is 0 Å². The Morgan fingerprint density at radius 2 is 2.25 bits per heavy atom. The van der Waals surface area contributed by atoms with Crippen LogP contribution in [-0.4, -0.2) is 43.8 Å². The molecule has 0 saturated carbocycles. The van der Waals surface area contributed by atoms with Crippen LogP contribution in [0, 0.1) is 17.8 Å². The van der Waals surface area contributed by atoms with E-state index in [9.17, 15) is 0 Å². The zero-order chi connectivity index (χ0) is 11.5. The molecule has 0 spiro atoms. The second-order valence-electron chi connectivity index (χ2n) is 5.62. The van der Waals surface area contributed by atoms with Gasteiger partial charge < -0.3 is 10.5 Å². The molecule has 16 heavy (non-hydrogen) atoms. The number of piperidine rings is 1. The maximum absolute atomic E-state index is 5.86. The van der Waals surface area contributed by atoms with Crippen molar-refractivity contribution in [3.05, 3.63) is 0 Å². The number of ether oxygens (including phenoxy) is 1. The van der Waals surface area contributed by atoms with Gasteiger partial charge in [-0.2, -0.15) is 0 Å². The van der Waals surface area contributed by atoms with Gasteiger partial charge in [0, 0.05) is 19.2 Å². The Morgan fingerprint density at radius 1 is 1.44 bits per heavy atom. The SMILES string of the molecule is CC1CCN(C(C)C2CCOC2)CC1CN. The molecule has 94 valence electrons. The molecule has 4 unspecified atom stereocenters. The average molecular weight is 226 g/mol. The van der Waals surface area contributed by atoms with Crippen LogP contribution in [0.2, 0.25) is 0 Å². The van der Waals surface area contributed by atoms with Gasteiger partial charge in [0.1, 0.15) is 0 Å². The van der Waals surface area contributed by atoms with Gasteiger partial charge in [0.2, 0.25) is 0 Å². The maximum Gasteiger partial charge on any atom is 0.0509 e. The minimum atomic E-state index is 0.670. The fraction of sp³-hybridized carbons (Fsp3) is 1.00. The highest BCUT2D eigenvalue weighted by atomic mass is 16.5. The van der Waals surface area contributed by atoms with Gasteiger partial charge in [-0.3, -0.25) is 4.90 Å². The van der Waals surface area contributed by atoms with Crippen molar-refractivity contribution in [3.8, 4) is 0 Å². The van der Waals surface area contributed by atoms with Crippen molar-refractivity contribution < 1.29 is 4.74 Å². The average Bonchev–Trinajstić information content (AvgIpc) is 2.82. The number of rotatable bonds is 3. The summed E-state index contributed by atoms with van der Waals surface area (Å²) in [6.45, 7) is 9.90. The van der Waals surface area contributed by atoms with Crippen molar-refractivity contribution in [2.75, 3.05) is 32.8 Å². The van der Waals surface area contributed by atoms with E-state index in [1.807, 2.05) is 0 Å². The lowest BCUT2D eigenvalue weighted by atomic mass is 9.85. The van der Waals surface area contributed by atoms with E-state index in [1.165, 1.54) is 25.9 Å². The molecule has 2 N–H and O–H groups in total. The molecule has 3 heteroatoms. The van der Waals surface area contributed by atoms with Gasteiger partial charge in [-0.1, -0.05) is 6.92 Å². The summed E-state index contributed by atoms with van der Waals surface area (Å²) < 4.78 is 5.49. The van der Waals surface area contributed by atoms with Gasteiger partial charge in [0.15, 0.2) is 0 Å². The standard InChI is InChI=1S/C13H26N2O/c1-10-3-5-15(8-13(10)7-14)11(2)12-4-6-16-9-12/h10-13H,3-9,14H2,1-2H3. The normalized spacial score (nSPS) is 38.8. The maximum atomic E-state index is 5.86. The Labute approximate surface area is 99.3 Å². The fourth-order valence-electron chi connectivity index (χ4n) is 3.09. The molecule has 0 radical (unpaired) electrons. The second-order valence-corrected chi connectivity index (χ2v) is 5.62. The summed E-state index contributed by atoms with van der Waals surface area (Å²) in [6, 6.07) is 0.670. The fourth-order valence-corrected chi connectivity index (χ4v) is 3.09. The highest BCUT2D eigenvalue weighted by molar-refractivity contribution is 4.85. The third kappa shape index (κ3) is 2.58. The molecule has 0 aromatic heterocycles. The Kier molecular flexibility index (Phi) is 4.22. The summed E-state index contributed by atoms with van der Waals surface area (Å²) in [5, 5.41) is 0. The molecule has 0 amide bonds. The predicted octanol–water partition coefficient (Wildman–Crippen LogP) is 1.33. The summed E-state index contributed by atoms with van der Waals surface area (Å²) in [6.07, 6.45) is 2.54. The van der Waals surface area contributed by atoms with Crippen LogP contribution in [0.15, 0.2) is 0 Å². The number of likely N-dealkylation sites (tertiary alicyclic amines) is 1. The smallest absolute Gasteiger partial charge is 0.0509 e. The first-order valence-corrected chi connectivity index (χ1v) is 6.74. The topological polar surface area (TPSA) is 38.5 Å². The molecular formula is C13H26N2O. The van der Waals surface area contributed by atoms with Gasteiger partial charge in [0.25, 0.3) is 0 Å². The lowest BCUT2D eigenvalue weighted by Gasteiger charge is -2.41. The molecule has 4 atom stereocenters. The van der Waals surface area contributed by atoms with E-state index in [0.717, 1.165) is 31.6 Å². The van der Waals surface area contributed by atoms with Gasteiger partial charge in [0.05, 0.1) is 6.61 Å². The van der Waals surface area contributed by atoms with E-state index in [4.69, 9.17) is 10.5 Å². The van der Waals surface area contributed by atoms with Crippen molar-refractivity contribution >= 4 is 0 Å². The van der Waals surface area contributed by atoms with Crippen LogP contribution in [0.25, 0.3) is 0 Å². The number of hydrogen-bond donors (Lipinski definition) is 1. The van der Waals surface area contributed by atoms with Crippen LogP contribution in [0.4, 0.5) is 0 Å². The third-order valence-corrected chi connectivity index (χ3v) is 4.67. The molecule has 0 bridgehead atoms. The van der Waals surface area contributed by atoms with E-state index < -0.39 is 0 Å². The molecule has 2 fully saturated rings. The molecule has 0 aliphatic carbocycles. The van der Waals surface area contributed by atoms with Crippen molar-refractivity contribution in [2.45, 2.75) is 32.7 Å². The van der Waals surface area contributed by atoms with Crippen LogP contribution < -0.4 is 5.73 Å². The van der Waals surface area contributed by atoms with Gasteiger partial charge in [-0.05, 0) is 50.6 Å². The number of hydrogen-bond acceptors (Lipinski definition) is 3. The summed E-state index contributed by atoms with van der Waals surface area (Å²) in [5.41, 5.74) is 5.86. The minimum Gasteiger partial charge on any atom is -0.381 e. The minimum absolute atomic E-state index is 0.670. The number of nitrogens with zero attached hydrogens (tertiary/aromatic N) is 1. The summed E-state index contributed by atoms with van der Waals surface area (Å²) in [7, 11) is 0. The molecule has 2 rings (SSSR count). The Balaban J connectivity index is 1.89. The molecule has 0 aromatic rings. The van der Waals surface area contributed by atoms with Crippen LogP contribution in [0.3, 0.4) is 0 Å². The molecule has 2 heterocycles. The van der Waals surface area contributed by atoms with Crippen LogP contribution in [0.1, 0.15) is 26.7 Å². The van der Waals surface area contributed by atoms with Crippen molar-refractivity contribution in [1.82, 2.24) is 4.90 Å². The van der Waals surface area contributed by atoms with E-state index >= 15 is 0 Å². The van der Waals surface area contributed by atoms with Crippen molar-refractivity contribution in [1.29, 1.82) is 0 Å². The lowest BCUT2D eigenvalue weighted by molar-refractivity contribution is 0.0653. The lowest BCUT2D eigenvalue weighted by Crippen LogP contribution is -2.48.